The van der Waals surface area contributed by atoms with Crippen LogP contribution >= 0.6 is 11.6 Å². The lowest BCUT2D eigenvalue weighted by Gasteiger charge is -2.13. The van der Waals surface area contributed by atoms with Crippen LogP contribution in [0.25, 0.3) is 22.9 Å². The molecule has 0 amide bonds. The fraction of sp³-hybridized carbons (Fsp3) is 0.176. The number of hydrogen-bond donors (Lipinski definition) is 0. The van der Waals surface area contributed by atoms with Gasteiger partial charge in [0.2, 0.25) is 21.8 Å². The molecule has 3 rings (SSSR count). The SMILES string of the molecule is Cc1ccc(-c2nnc(-c3ccc(Cl)c(S(=O)(=O)N(C)C)c3)o2)cc1. The zero-order valence-electron chi connectivity index (χ0n) is 13.9. The number of hydrogen-bond acceptors (Lipinski definition) is 5. The maximum absolute atomic E-state index is 12.4. The van der Waals surface area contributed by atoms with Gasteiger partial charge in [-0.1, -0.05) is 29.3 Å². The van der Waals surface area contributed by atoms with Crippen LogP contribution < -0.4 is 0 Å². The molecule has 130 valence electrons. The van der Waals surface area contributed by atoms with Crippen LogP contribution in [0.15, 0.2) is 51.8 Å². The third-order valence-corrected chi connectivity index (χ3v) is 5.96. The normalized spacial score (nSPS) is 11.9. The quantitative estimate of drug-likeness (QED) is 0.694. The van der Waals surface area contributed by atoms with Crippen LogP contribution in [-0.2, 0) is 10.0 Å². The Hall–Kier alpha value is -2.22. The van der Waals surface area contributed by atoms with Crippen molar-refractivity contribution >= 4 is 21.6 Å². The van der Waals surface area contributed by atoms with Crippen molar-refractivity contribution in [2.24, 2.45) is 0 Å². The average Bonchev–Trinajstić information content (AvgIpc) is 3.05. The van der Waals surface area contributed by atoms with Gasteiger partial charge in [-0.05, 0) is 37.3 Å². The smallest absolute Gasteiger partial charge is 0.248 e. The predicted molar refractivity (Wildman–Crippen MR) is 95.8 cm³/mol. The molecule has 1 aromatic heterocycles. The second kappa shape index (κ2) is 6.59. The summed E-state index contributed by atoms with van der Waals surface area (Å²) in [6, 6.07) is 12.2. The van der Waals surface area contributed by atoms with Crippen LogP contribution in [0.5, 0.6) is 0 Å². The minimum absolute atomic E-state index is 0.00764. The minimum Gasteiger partial charge on any atom is -0.416 e. The van der Waals surface area contributed by atoms with E-state index >= 15 is 0 Å². The van der Waals surface area contributed by atoms with Crippen molar-refractivity contribution < 1.29 is 12.8 Å². The van der Waals surface area contributed by atoms with Gasteiger partial charge in [-0.25, -0.2) is 12.7 Å². The van der Waals surface area contributed by atoms with Gasteiger partial charge in [0.1, 0.15) is 4.90 Å². The summed E-state index contributed by atoms with van der Waals surface area (Å²) in [5.74, 6) is 0.587. The molecule has 0 spiro atoms. The van der Waals surface area contributed by atoms with E-state index in [1.165, 1.54) is 26.2 Å². The number of aryl methyl sites for hydroxylation is 1. The predicted octanol–water partition coefficient (Wildman–Crippen LogP) is 3.62. The molecular formula is C17H16ClN3O3S. The highest BCUT2D eigenvalue weighted by Crippen LogP contribution is 2.30. The van der Waals surface area contributed by atoms with Gasteiger partial charge >= 0.3 is 0 Å². The lowest BCUT2D eigenvalue weighted by atomic mass is 10.1. The van der Waals surface area contributed by atoms with Gasteiger partial charge in [-0.3, -0.25) is 0 Å². The maximum atomic E-state index is 12.4. The van der Waals surface area contributed by atoms with Crippen molar-refractivity contribution in [3.63, 3.8) is 0 Å². The molecule has 1 heterocycles. The second-order valence-corrected chi connectivity index (χ2v) is 8.24. The fourth-order valence-electron chi connectivity index (χ4n) is 2.18. The summed E-state index contributed by atoms with van der Waals surface area (Å²) in [6.07, 6.45) is 0. The monoisotopic (exact) mass is 377 g/mol. The van der Waals surface area contributed by atoms with Crippen molar-refractivity contribution in [2.75, 3.05) is 14.1 Å². The second-order valence-electron chi connectivity index (χ2n) is 5.71. The standard InChI is InChI=1S/C17H16ClN3O3S/c1-11-4-6-12(7-5-11)16-19-20-17(24-16)13-8-9-14(18)15(10-13)25(22,23)21(2)3/h4-10H,1-3H3. The van der Waals surface area contributed by atoms with E-state index in [0.717, 1.165) is 15.4 Å². The van der Waals surface area contributed by atoms with Gasteiger partial charge in [-0.2, -0.15) is 0 Å². The van der Waals surface area contributed by atoms with Gasteiger partial charge in [0.15, 0.2) is 0 Å². The lowest BCUT2D eigenvalue weighted by molar-refractivity contribution is 0.521. The summed E-state index contributed by atoms with van der Waals surface area (Å²) in [4.78, 5) is -0.00764. The fourth-order valence-corrected chi connectivity index (χ4v) is 3.58. The van der Waals surface area contributed by atoms with Crippen molar-refractivity contribution in [1.82, 2.24) is 14.5 Å². The average molecular weight is 378 g/mol. The Morgan fingerprint density at radius 3 is 2.12 bits per heavy atom. The van der Waals surface area contributed by atoms with Crippen LogP contribution in [0.2, 0.25) is 5.02 Å². The molecule has 0 atom stereocenters. The lowest BCUT2D eigenvalue weighted by Crippen LogP contribution is -2.22. The molecule has 2 aromatic carbocycles. The van der Waals surface area contributed by atoms with Crippen LogP contribution in [0, 0.1) is 6.92 Å². The number of rotatable bonds is 4. The summed E-state index contributed by atoms with van der Waals surface area (Å²) < 4.78 is 31.5. The number of sulfonamides is 1. The van der Waals surface area contributed by atoms with E-state index in [4.69, 9.17) is 16.0 Å². The Labute approximate surface area is 151 Å². The van der Waals surface area contributed by atoms with Crippen LogP contribution in [0.1, 0.15) is 5.56 Å². The molecule has 0 bridgehead atoms. The minimum atomic E-state index is -3.68. The van der Waals surface area contributed by atoms with Gasteiger partial charge < -0.3 is 4.42 Å². The summed E-state index contributed by atoms with van der Waals surface area (Å²) in [7, 11) is -0.787. The molecule has 0 saturated carbocycles. The van der Waals surface area contributed by atoms with Crippen molar-refractivity contribution in [3.05, 3.63) is 53.1 Å². The van der Waals surface area contributed by atoms with Crippen molar-refractivity contribution in [3.8, 4) is 22.9 Å². The van der Waals surface area contributed by atoms with Gasteiger partial charge in [-0.15, -0.1) is 10.2 Å². The summed E-state index contributed by atoms with van der Waals surface area (Å²) in [6.45, 7) is 1.99. The highest BCUT2D eigenvalue weighted by atomic mass is 35.5. The molecule has 0 saturated heterocycles. The largest absolute Gasteiger partial charge is 0.416 e. The van der Waals surface area contributed by atoms with E-state index in [-0.39, 0.29) is 15.8 Å². The van der Waals surface area contributed by atoms with Crippen LogP contribution in [0.3, 0.4) is 0 Å². The van der Waals surface area contributed by atoms with Gasteiger partial charge in [0, 0.05) is 25.2 Å². The zero-order chi connectivity index (χ0) is 18.2. The third kappa shape index (κ3) is 3.44. The highest BCUT2D eigenvalue weighted by Gasteiger charge is 2.22. The number of halogens is 1. The van der Waals surface area contributed by atoms with E-state index < -0.39 is 10.0 Å². The van der Waals surface area contributed by atoms with E-state index in [1.54, 1.807) is 6.07 Å². The van der Waals surface area contributed by atoms with Gasteiger partial charge in [0.25, 0.3) is 0 Å². The van der Waals surface area contributed by atoms with E-state index in [1.807, 2.05) is 31.2 Å². The molecular weight excluding hydrogens is 362 g/mol. The Morgan fingerprint density at radius 1 is 0.960 bits per heavy atom. The van der Waals surface area contributed by atoms with E-state index in [2.05, 4.69) is 10.2 Å². The molecule has 0 fully saturated rings. The molecule has 25 heavy (non-hydrogen) atoms. The summed E-state index contributed by atoms with van der Waals surface area (Å²) >= 11 is 6.06. The zero-order valence-corrected chi connectivity index (χ0v) is 15.5. The van der Waals surface area contributed by atoms with Crippen LogP contribution in [-0.4, -0.2) is 37.0 Å². The Morgan fingerprint density at radius 2 is 1.52 bits per heavy atom. The molecule has 8 heteroatoms. The topological polar surface area (TPSA) is 76.3 Å². The number of benzene rings is 2. The van der Waals surface area contributed by atoms with E-state index in [0.29, 0.717) is 11.5 Å². The van der Waals surface area contributed by atoms with Crippen molar-refractivity contribution in [2.45, 2.75) is 11.8 Å². The van der Waals surface area contributed by atoms with Crippen molar-refractivity contribution in [1.29, 1.82) is 0 Å². The Kier molecular flexibility index (Phi) is 4.64. The number of nitrogens with zero attached hydrogens (tertiary/aromatic N) is 3. The first kappa shape index (κ1) is 17.6. The Balaban J connectivity index is 2.02. The molecule has 0 aliphatic heterocycles. The molecule has 6 nitrogen and oxygen atoms in total. The number of aromatic nitrogens is 2. The third-order valence-electron chi connectivity index (χ3n) is 3.66. The molecule has 0 aliphatic carbocycles. The Bertz CT molecular complexity index is 1010. The van der Waals surface area contributed by atoms with E-state index in [9.17, 15) is 8.42 Å². The first-order chi connectivity index (χ1) is 11.8. The molecule has 0 unspecified atom stereocenters. The highest BCUT2D eigenvalue weighted by molar-refractivity contribution is 7.89. The molecule has 0 N–H and O–H groups in total. The summed E-state index contributed by atoms with van der Waals surface area (Å²) in [5, 5.41) is 8.18. The van der Waals surface area contributed by atoms with Crippen LogP contribution in [0.4, 0.5) is 0 Å². The maximum Gasteiger partial charge on any atom is 0.248 e. The molecule has 0 radical (unpaired) electrons. The molecule has 0 aliphatic rings. The van der Waals surface area contributed by atoms with Gasteiger partial charge in [0.05, 0.1) is 5.02 Å². The first-order valence-corrected chi connectivity index (χ1v) is 9.24. The molecule has 3 aromatic rings. The summed E-state index contributed by atoms with van der Waals surface area (Å²) in [5.41, 5.74) is 2.40. The first-order valence-electron chi connectivity index (χ1n) is 7.42.